The van der Waals surface area contributed by atoms with Crippen molar-refractivity contribution in [2.45, 2.75) is 95.8 Å². The van der Waals surface area contributed by atoms with E-state index in [-0.39, 0.29) is 6.42 Å². The van der Waals surface area contributed by atoms with Gasteiger partial charge in [-0.3, -0.25) is 0 Å². The summed E-state index contributed by atoms with van der Waals surface area (Å²) in [6.07, 6.45) is 17.3. The number of alkyl halides is 4. The predicted molar refractivity (Wildman–Crippen MR) is 111 cm³/mol. The zero-order chi connectivity index (χ0) is 21.1. The first-order valence-corrected chi connectivity index (χ1v) is 11.5. The van der Waals surface area contributed by atoms with Crippen molar-refractivity contribution in [2.24, 2.45) is 23.7 Å². The van der Waals surface area contributed by atoms with E-state index in [1.807, 2.05) is 6.08 Å². The highest BCUT2D eigenvalue weighted by Gasteiger charge is 2.60. The zero-order valence-corrected chi connectivity index (χ0v) is 17.7. The molecular weight excluding hydrogens is 376 g/mol. The molecule has 0 aromatic heterocycles. The van der Waals surface area contributed by atoms with Crippen molar-refractivity contribution in [3.63, 3.8) is 0 Å². The topological polar surface area (TPSA) is 0 Å². The Morgan fingerprint density at radius 3 is 1.86 bits per heavy atom. The third-order valence-electron chi connectivity index (χ3n) is 7.88. The van der Waals surface area contributed by atoms with Gasteiger partial charge in [0.1, 0.15) is 0 Å². The summed E-state index contributed by atoms with van der Waals surface area (Å²) in [6, 6.07) is 0. The molecule has 0 aliphatic heterocycles. The first-order chi connectivity index (χ1) is 13.8. The molecule has 0 aromatic carbocycles. The van der Waals surface area contributed by atoms with Crippen LogP contribution in [0.15, 0.2) is 36.0 Å². The van der Waals surface area contributed by atoms with Gasteiger partial charge in [-0.1, -0.05) is 43.9 Å². The summed E-state index contributed by atoms with van der Waals surface area (Å²) in [5, 5.41) is 0. The van der Waals surface area contributed by atoms with Gasteiger partial charge >= 0.3 is 11.8 Å². The highest BCUT2D eigenvalue weighted by atomic mass is 19.3. The number of halogens is 4. The molecule has 0 saturated heterocycles. The van der Waals surface area contributed by atoms with Crippen molar-refractivity contribution in [2.75, 3.05) is 0 Å². The van der Waals surface area contributed by atoms with Crippen LogP contribution in [0.25, 0.3) is 0 Å². The fourth-order valence-corrected chi connectivity index (χ4v) is 5.73. The number of rotatable bonds is 7. The summed E-state index contributed by atoms with van der Waals surface area (Å²) >= 11 is 0. The maximum Gasteiger partial charge on any atom is 0.335 e. The third kappa shape index (κ3) is 4.99. The van der Waals surface area contributed by atoms with Crippen LogP contribution in [0.1, 0.15) is 84.0 Å². The third-order valence-corrected chi connectivity index (χ3v) is 7.88. The second-order valence-corrected chi connectivity index (χ2v) is 9.66. The van der Waals surface area contributed by atoms with Crippen LogP contribution in [0.2, 0.25) is 0 Å². The zero-order valence-electron chi connectivity index (χ0n) is 17.7. The average Bonchev–Trinajstić information content (AvgIpc) is 2.71. The van der Waals surface area contributed by atoms with Gasteiger partial charge in [0.2, 0.25) is 0 Å². The Morgan fingerprint density at radius 2 is 1.34 bits per heavy atom. The van der Waals surface area contributed by atoms with E-state index in [0.29, 0.717) is 12.3 Å². The molecule has 3 rings (SSSR count). The molecule has 29 heavy (non-hydrogen) atoms. The Balaban J connectivity index is 1.42. The quantitative estimate of drug-likeness (QED) is 0.290. The van der Waals surface area contributed by atoms with Crippen LogP contribution in [0.5, 0.6) is 0 Å². The van der Waals surface area contributed by atoms with Crippen molar-refractivity contribution >= 4 is 0 Å². The lowest BCUT2D eigenvalue weighted by Crippen LogP contribution is -2.44. The molecule has 3 aliphatic rings. The van der Waals surface area contributed by atoms with Gasteiger partial charge in [-0.2, -0.15) is 17.6 Å². The van der Waals surface area contributed by atoms with Gasteiger partial charge < -0.3 is 0 Å². The van der Waals surface area contributed by atoms with Crippen LogP contribution < -0.4 is 0 Å². The van der Waals surface area contributed by atoms with E-state index in [9.17, 15) is 17.6 Å². The van der Waals surface area contributed by atoms with Gasteiger partial charge in [0.05, 0.1) is 0 Å². The minimum atomic E-state index is -4.06. The summed E-state index contributed by atoms with van der Waals surface area (Å²) in [5.41, 5.74) is -0.945. The fourth-order valence-electron chi connectivity index (χ4n) is 5.73. The minimum Gasteiger partial charge on any atom is -0.194 e. The Bertz CT molecular complexity index is 615. The van der Waals surface area contributed by atoms with Crippen molar-refractivity contribution in [1.29, 1.82) is 0 Å². The molecular formula is C25H36F4. The monoisotopic (exact) mass is 412 g/mol. The molecule has 0 atom stereocenters. The normalized spacial score (nSPS) is 34.2. The summed E-state index contributed by atoms with van der Waals surface area (Å²) < 4.78 is 56.2. The Labute approximate surface area is 173 Å². The second-order valence-electron chi connectivity index (χ2n) is 9.66. The van der Waals surface area contributed by atoms with Crippen molar-refractivity contribution in [3.8, 4) is 0 Å². The minimum absolute atomic E-state index is 0.0795. The largest absolute Gasteiger partial charge is 0.335 e. The van der Waals surface area contributed by atoms with E-state index in [4.69, 9.17) is 0 Å². The molecule has 164 valence electrons. The maximum atomic E-state index is 14.2. The van der Waals surface area contributed by atoms with Gasteiger partial charge in [-0.05, 0) is 82.0 Å². The summed E-state index contributed by atoms with van der Waals surface area (Å²) in [5.74, 6) is -5.24. The molecule has 0 unspecified atom stereocenters. The van der Waals surface area contributed by atoms with Gasteiger partial charge in [0.25, 0.3) is 0 Å². The molecule has 0 bridgehead atoms. The Kier molecular flexibility index (Phi) is 7.32. The van der Waals surface area contributed by atoms with Gasteiger partial charge in [0.15, 0.2) is 0 Å². The first-order valence-electron chi connectivity index (χ1n) is 11.5. The molecule has 0 nitrogen and oxygen atoms in total. The Hall–Kier alpha value is -1.06. The van der Waals surface area contributed by atoms with Crippen molar-refractivity contribution in [3.05, 3.63) is 36.0 Å². The Morgan fingerprint density at radius 1 is 0.828 bits per heavy atom. The standard InChI is InChI=1S/C25H36F4/c1-3-4-5-19-7-12-21(13-8-19)22-14-9-20(10-15-22)11-17-23-16-6-18(2)24(26,27)25(23,28)29/h3,6,16,19-22H,1,4-5,7-15,17H2,2H3. The highest BCUT2D eigenvalue weighted by molar-refractivity contribution is 5.36. The predicted octanol–water partition coefficient (Wildman–Crippen LogP) is 8.50. The first kappa shape index (κ1) is 22.6. The van der Waals surface area contributed by atoms with Crippen LogP contribution >= 0.6 is 0 Å². The van der Waals surface area contributed by atoms with Gasteiger partial charge in [-0.25, -0.2) is 0 Å². The van der Waals surface area contributed by atoms with Crippen LogP contribution in [-0.4, -0.2) is 11.8 Å². The van der Waals surface area contributed by atoms with Crippen molar-refractivity contribution < 1.29 is 17.6 Å². The van der Waals surface area contributed by atoms with E-state index in [1.165, 1.54) is 51.0 Å². The van der Waals surface area contributed by atoms with Gasteiger partial charge in [-0.15, -0.1) is 6.58 Å². The molecule has 0 heterocycles. The van der Waals surface area contributed by atoms with Crippen molar-refractivity contribution in [1.82, 2.24) is 0 Å². The molecule has 2 fully saturated rings. The summed E-state index contributed by atoms with van der Waals surface area (Å²) in [6.45, 7) is 4.90. The van der Waals surface area contributed by atoms with Gasteiger partial charge in [0, 0.05) is 11.1 Å². The molecule has 0 amide bonds. The van der Waals surface area contributed by atoms with Crippen LogP contribution in [-0.2, 0) is 0 Å². The second kappa shape index (κ2) is 9.39. The molecule has 0 N–H and O–H groups in total. The fraction of sp³-hybridized carbons (Fsp3) is 0.760. The molecule has 2 saturated carbocycles. The smallest absolute Gasteiger partial charge is 0.194 e. The average molecular weight is 413 g/mol. The lowest BCUT2D eigenvalue weighted by Gasteiger charge is -2.38. The SMILES string of the molecule is C=CCCC1CCC(C2CCC(CCC3=CC=C(C)C(F)(F)C3(F)F)CC2)CC1. The van der Waals surface area contributed by atoms with E-state index in [0.717, 1.165) is 50.0 Å². The molecule has 0 radical (unpaired) electrons. The van der Waals surface area contributed by atoms with E-state index < -0.39 is 23.0 Å². The van der Waals surface area contributed by atoms with Crippen LogP contribution in [0.3, 0.4) is 0 Å². The van der Waals surface area contributed by atoms with Crippen LogP contribution in [0, 0.1) is 23.7 Å². The lowest BCUT2D eigenvalue weighted by atomic mass is 9.68. The molecule has 4 heteroatoms. The maximum absolute atomic E-state index is 14.2. The lowest BCUT2D eigenvalue weighted by molar-refractivity contribution is -0.164. The molecule has 3 aliphatic carbocycles. The van der Waals surface area contributed by atoms with E-state index >= 15 is 0 Å². The van der Waals surface area contributed by atoms with E-state index in [2.05, 4.69) is 6.58 Å². The molecule has 0 aromatic rings. The summed E-state index contributed by atoms with van der Waals surface area (Å²) in [7, 11) is 0. The van der Waals surface area contributed by atoms with E-state index in [1.54, 1.807) is 0 Å². The molecule has 0 spiro atoms. The number of hydrogen-bond acceptors (Lipinski definition) is 0. The van der Waals surface area contributed by atoms with Crippen LogP contribution in [0.4, 0.5) is 17.6 Å². The summed E-state index contributed by atoms with van der Waals surface area (Å²) in [4.78, 5) is 0. The number of hydrogen-bond donors (Lipinski definition) is 0. The highest BCUT2D eigenvalue weighted by Crippen LogP contribution is 2.49. The number of allylic oxidation sites excluding steroid dienone is 5.